The van der Waals surface area contributed by atoms with Crippen LogP contribution in [0.1, 0.15) is 5.56 Å². The molecule has 0 bridgehead atoms. The number of pyridine rings is 1. The average Bonchev–Trinajstić information content (AvgIpc) is 2.42. The number of carbonyl (C=O) groups excluding carboxylic acids is 1. The van der Waals surface area contributed by atoms with E-state index in [2.05, 4.69) is 10.3 Å². The van der Waals surface area contributed by atoms with Crippen molar-refractivity contribution in [1.29, 1.82) is 0 Å². The first kappa shape index (κ1) is 13.2. The highest BCUT2D eigenvalue weighted by molar-refractivity contribution is 6.35. The van der Waals surface area contributed by atoms with E-state index in [1.54, 1.807) is 36.4 Å². The minimum Gasteiger partial charge on any atom is -0.366 e. The molecule has 98 valence electrons. The molecule has 0 aliphatic carbocycles. The quantitative estimate of drug-likeness (QED) is 0.582. The van der Waals surface area contributed by atoms with Crippen molar-refractivity contribution in [2.75, 3.05) is 5.32 Å². The molecule has 0 radical (unpaired) electrons. The molecular weight excluding hydrogens is 266 g/mol. The molecule has 0 saturated heterocycles. The van der Waals surface area contributed by atoms with Gasteiger partial charge in [-0.2, -0.15) is 0 Å². The summed E-state index contributed by atoms with van der Waals surface area (Å²) >= 11 is 6.27. The van der Waals surface area contributed by atoms with Crippen molar-refractivity contribution in [3.63, 3.8) is 0 Å². The number of H-pyrrole nitrogens is 1. The molecule has 4 N–H and O–H groups in total. The highest BCUT2D eigenvalue weighted by Crippen LogP contribution is 2.29. The molecule has 2 aromatic rings. The van der Waals surface area contributed by atoms with Crippen molar-refractivity contribution >= 4 is 23.2 Å². The Balaban J connectivity index is 2.45. The van der Waals surface area contributed by atoms with E-state index in [0.29, 0.717) is 5.56 Å². The van der Waals surface area contributed by atoms with Gasteiger partial charge in [-0.3, -0.25) is 9.59 Å². The number of benzene rings is 1. The average molecular weight is 278 g/mol. The van der Waals surface area contributed by atoms with Crippen LogP contribution >= 0.6 is 11.6 Å². The molecule has 0 fully saturated rings. The number of nitrogens with one attached hydrogen (secondary N) is 2. The summed E-state index contributed by atoms with van der Waals surface area (Å²) in [6.07, 6.45) is 1.48. The van der Waals surface area contributed by atoms with Gasteiger partial charge < -0.3 is 16.0 Å². The van der Waals surface area contributed by atoms with E-state index in [0.717, 1.165) is 0 Å². The molecule has 0 saturated carbocycles. The molecule has 1 amide bonds. The second kappa shape index (κ2) is 5.16. The van der Waals surface area contributed by atoms with Crippen LogP contribution in [0.4, 0.5) is 5.69 Å². The summed E-state index contributed by atoms with van der Waals surface area (Å²) in [5.74, 6) is -0.788. The lowest BCUT2D eigenvalue weighted by Crippen LogP contribution is -2.44. The lowest BCUT2D eigenvalue weighted by atomic mass is 10.1. The third kappa shape index (κ3) is 2.61. The Morgan fingerprint density at radius 3 is 2.47 bits per heavy atom. The number of halogens is 1. The standard InChI is InChI=1S/C13H12ClN3O2/c14-13(12(15)19,9-5-2-1-3-6-9)17-10-7-4-8-16-11(10)18/h1-8,17H,(H2,15,19)(H,16,18). The Kier molecular flexibility index (Phi) is 3.57. The number of hydrogen-bond donors (Lipinski definition) is 3. The number of carbonyl (C=O) groups is 1. The van der Waals surface area contributed by atoms with Gasteiger partial charge in [0.25, 0.3) is 11.5 Å². The van der Waals surface area contributed by atoms with Crippen LogP contribution in [-0.2, 0) is 9.79 Å². The monoisotopic (exact) mass is 277 g/mol. The molecule has 0 aliphatic rings. The van der Waals surface area contributed by atoms with E-state index in [1.165, 1.54) is 12.3 Å². The number of alkyl halides is 1. The predicted octanol–water partition coefficient (Wildman–Crippen LogP) is 1.36. The van der Waals surface area contributed by atoms with Crippen molar-refractivity contribution < 1.29 is 4.79 Å². The fourth-order valence-electron chi connectivity index (χ4n) is 1.65. The van der Waals surface area contributed by atoms with Gasteiger partial charge in [-0.1, -0.05) is 41.9 Å². The zero-order chi connectivity index (χ0) is 13.9. The van der Waals surface area contributed by atoms with Crippen LogP contribution in [0.5, 0.6) is 0 Å². The molecule has 1 unspecified atom stereocenters. The smallest absolute Gasteiger partial charge is 0.271 e. The summed E-state index contributed by atoms with van der Waals surface area (Å²) in [5, 5.41) is 2.69. The van der Waals surface area contributed by atoms with Gasteiger partial charge in [0, 0.05) is 11.8 Å². The number of nitrogens with two attached hydrogens (primary N) is 1. The van der Waals surface area contributed by atoms with Crippen LogP contribution in [-0.4, -0.2) is 10.9 Å². The molecule has 2 rings (SSSR count). The van der Waals surface area contributed by atoms with Crippen molar-refractivity contribution in [2.24, 2.45) is 5.73 Å². The summed E-state index contributed by atoms with van der Waals surface area (Å²) in [4.78, 5) is 24.1. The highest BCUT2D eigenvalue weighted by atomic mass is 35.5. The van der Waals surface area contributed by atoms with E-state index in [-0.39, 0.29) is 11.2 Å². The van der Waals surface area contributed by atoms with Gasteiger partial charge in [0.2, 0.25) is 5.00 Å². The molecular formula is C13H12ClN3O2. The molecule has 1 aromatic heterocycles. The fraction of sp³-hybridized carbons (Fsp3) is 0.0769. The number of rotatable bonds is 4. The molecule has 6 heteroatoms. The molecule has 19 heavy (non-hydrogen) atoms. The molecule has 5 nitrogen and oxygen atoms in total. The van der Waals surface area contributed by atoms with Crippen molar-refractivity contribution in [1.82, 2.24) is 4.98 Å². The normalized spacial score (nSPS) is 13.5. The second-order valence-electron chi connectivity index (χ2n) is 3.93. The molecule has 1 aromatic carbocycles. The Morgan fingerprint density at radius 2 is 1.89 bits per heavy atom. The Bertz CT molecular complexity index is 642. The first-order valence-electron chi connectivity index (χ1n) is 5.54. The van der Waals surface area contributed by atoms with Crippen LogP contribution in [0.25, 0.3) is 0 Å². The Morgan fingerprint density at radius 1 is 1.21 bits per heavy atom. The van der Waals surface area contributed by atoms with Crippen LogP contribution in [0, 0.1) is 0 Å². The first-order chi connectivity index (χ1) is 9.04. The molecule has 0 spiro atoms. The number of aromatic nitrogens is 1. The van der Waals surface area contributed by atoms with E-state index < -0.39 is 10.9 Å². The number of anilines is 1. The fourth-order valence-corrected chi connectivity index (χ4v) is 1.88. The largest absolute Gasteiger partial charge is 0.366 e. The van der Waals surface area contributed by atoms with Gasteiger partial charge >= 0.3 is 0 Å². The second-order valence-corrected chi connectivity index (χ2v) is 4.49. The van der Waals surface area contributed by atoms with Crippen molar-refractivity contribution in [3.8, 4) is 0 Å². The van der Waals surface area contributed by atoms with E-state index in [9.17, 15) is 9.59 Å². The minimum absolute atomic E-state index is 0.167. The highest BCUT2D eigenvalue weighted by Gasteiger charge is 2.36. The number of hydrogen-bond acceptors (Lipinski definition) is 3. The van der Waals surface area contributed by atoms with Gasteiger partial charge in [0.05, 0.1) is 0 Å². The van der Waals surface area contributed by atoms with E-state index in [1.807, 2.05) is 0 Å². The topological polar surface area (TPSA) is 88.0 Å². The van der Waals surface area contributed by atoms with E-state index in [4.69, 9.17) is 17.3 Å². The summed E-state index contributed by atoms with van der Waals surface area (Å²) in [6.45, 7) is 0. The third-order valence-electron chi connectivity index (χ3n) is 2.64. The number of aromatic amines is 1. The zero-order valence-electron chi connectivity index (χ0n) is 9.89. The summed E-state index contributed by atoms with van der Waals surface area (Å²) in [5.41, 5.74) is 5.60. The Labute approximate surface area is 114 Å². The lowest BCUT2D eigenvalue weighted by molar-refractivity contribution is -0.120. The SMILES string of the molecule is NC(=O)C(Cl)(Nc1ccc[nH]c1=O)c1ccccc1. The predicted molar refractivity (Wildman–Crippen MR) is 73.9 cm³/mol. The van der Waals surface area contributed by atoms with Gasteiger partial charge in [0.15, 0.2) is 0 Å². The van der Waals surface area contributed by atoms with Gasteiger partial charge in [-0.15, -0.1) is 0 Å². The molecule has 1 atom stereocenters. The van der Waals surface area contributed by atoms with Gasteiger partial charge in [0.1, 0.15) is 5.69 Å². The maximum absolute atomic E-state index is 11.7. The molecule has 1 heterocycles. The van der Waals surface area contributed by atoms with Gasteiger partial charge in [-0.25, -0.2) is 0 Å². The van der Waals surface area contributed by atoms with Crippen LogP contribution in [0.2, 0.25) is 0 Å². The van der Waals surface area contributed by atoms with Gasteiger partial charge in [-0.05, 0) is 12.1 Å². The lowest BCUT2D eigenvalue weighted by Gasteiger charge is -2.26. The Hall–Kier alpha value is -2.27. The number of primary amides is 1. The van der Waals surface area contributed by atoms with E-state index >= 15 is 0 Å². The maximum Gasteiger partial charge on any atom is 0.271 e. The summed E-state index contributed by atoms with van der Waals surface area (Å²) < 4.78 is 0. The zero-order valence-corrected chi connectivity index (χ0v) is 10.6. The first-order valence-corrected chi connectivity index (χ1v) is 5.92. The minimum atomic E-state index is -1.67. The van der Waals surface area contributed by atoms with Crippen molar-refractivity contribution in [3.05, 3.63) is 64.6 Å². The summed E-state index contributed by atoms with van der Waals surface area (Å²) in [7, 11) is 0. The van der Waals surface area contributed by atoms with Crippen LogP contribution in [0.15, 0.2) is 53.5 Å². The third-order valence-corrected chi connectivity index (χ3v) is 3.14. The van der Waals surface area contributed by atoms with Crippen LogP contribution in [0.3, 0.4) is 0 Å². The molecule has 0 aliphatic heterocycles. The number of amides is 1. The van der Waals surface area contributed by atoms with Crippen molar-refractivity contribution in [2.45, 2.75) is 5.00 Å². The van der Waals surface area contributed by atoms with Crippen LogP contribution < -0.4 is 16.6 Å². The summed E-state index contributed by atoms with van der Waals surface area (Å²) in [6, 6.07) is 11.7. The maximum atomic E-state index is 11.7.